The van der Waals surface area contributed by atoms with E-state index in [1.54, 1.807) is 6.26 Å². The van der Waals surface area contributed by atoms with Crippen molar-refractivity contribution in [2.45, 2.75) is 105 Å². The van der Waals surface area contributed by atoms with E-state index in [4.69, 9.17) is 15.3 Å². The van der Waals surface area contributed by atoms with Gasteiger partial charge in [0.15, 0.2) is 0 Å². The molecule has 0 aliphatic carbocycles. The van der Waals surface area contributed by atoms with Crippen LogP contribution in [0.2, 0.25) is 0 Å². The van der Waals surface area contributed by atoms with Gasteiger partial charge in [0.1, 0.15) is 6.79 Å². The minimum atomic E-state index is -0.300. The largest absolute Gasteiger partial charge is 0.378 e. The van der Waals surface area contributed by atoms with E-state index in [1.165, 1.54) is 17.7 Å². The highest BCUT2D eigenvalue weighted by Crippen LogP contribution is 2.15. The molecule has 5 N–H and O–H groups in total. The summed E-state index contributed by atoms with van der Waals surface area (Å²) in [6, 6.07) is 7.22. The van der Waals surface area contributed by atoms with Crippen LogP contribution in [0.5, 0.6) is 0 Å². The van der Waals surface area contributed by atoms with Gasteiger partial charge in [0.25, 0.3) is 0 Å². The molecule has 1 aromatic carbocycles. The number of nitrogens with two attached hydrogens (primary N) is 1. The van der Waals surface area contributed by atoms with Crippen LogP contribution in [0.15, 0.2) is 49.7 Å². The average molecular weight is 696 g/mol. The Morgan fingerprint density at radius 1 is 0.979 bits per heavy atom. The van der Waals surface area contributed by atoms with E-state index in [9.17, 15) is 19.2 Å². The predicted octanol–water partition coefficient (Wildman–Crippen LogP) is 5.66. The summed E-state index contributed by atoms with van der Waals surface area (Å²) >= 11 is 3.53. The van der Waals surface area contributed by atoms with Crippen molar-refractivity contribution in [3.8, 4) is 0 Å². The highest BCUT2D eigenvalue weighted by molar-refractivity contribution is 7.79. The van der Waals surface area contributed by atoms with E-state index >= 15 is 0 Å². The zero-order chi connectivity index (χ0) is 38.1. The number of carbonyl (C=O) groups is 5. The van der Waals surface area contributed by atoms with Crippen LogP contribution in [-0.4, -0.2) is 73.4 Å². The lowest BCUT2D eigenvalue weighted by atomic mass is 10.0. The molecular weight excluding hydrogens is 630 g/mol. The quantitative estimate of drug-likeness (QED) is 0.0570. The minimum absolute atomic E-state index is 0.0426. The molecule has 0 saturated carbocycles. The smallest absolute Gasteiger partial charge is 0.243 e. The second kappa shape index (κ2) is 33.4. The second-order valence-corrected chi connectivity index (χ2v) is 11.5. The van der Waals surface area contributed by atoms with Crippen LogP contribution in [0.25, 0.3) is 0 Å². The summed E-state index contributed by atoms with van der Waals surface area (Å²) in [5.41, 5.74) is 7.46. The van der Waals surface area contributed by atoms with Crippen LogP contribution in [-0.2, 0) is 35.3 Å². The Morgan fingerprint density at radius 3 is 1.98 bits per heavy atom. The molecule has 0 saturated heterocycles. The fraction of sp³-hybridized carbons (Fsp3) is 0.583. The molecule has 48 heavy (non-hydrogen) atoms. The molecule has 1 unspecified atom stereocenters. The molecule has 0 bridgehead atoms. The monoisotopic (exact) mass is 695 g/mol. The number of hydrogen-bond acceptors (Lipinski definition) is 9. The number of imide groups is 1. The third-order valence-electron chi connectivity index (χ3n) is 6.09. The Bertz CT molecular complexity index is 998. The first-order chi connectivity index (χ1) is 22.8. The van der Waals surface area contributed by atoms with Gasteiger partial charge in [0, 0.05) is 24.4 Å². The number of rotatable bonds is 18. The zero-order valence-corrected chi connectivity index (χ0v) is 31.8. The fourth-order valence-corrected chi connectivity index (χ4v) is 3.68. The first kappa shape index (κ1) is 51.4. The number of thiol groups is 1. The Kier molecular flexibility index (Phi) is 35.8. The van der Waals surface area contributed by atoms with Crippen LogP contribution >= 0.6 is 12.6 Å². The summed E-state index contributed by atoms with van der Waals surface area (Å²) in [6.45, 7) is 27.0. The Balaban J connectivity index is -0.000000406. The number of hydrogen-bond donors (Lipinski definition) is 5. The van der Waals surface area contributed by atoms with Crippen LogP contribution in [0.3, 0.4) is 0 Å². The standard InChI is InChI=1S/C21H34N4O3.C11H21NO2.C2H4.CH2O.CH4S/c1-14(2)20(25-18(26)11-22)15(3)23-12-19(27)24-17-9-7-16(8-10-17)13-28-21(4,5)6;1-3-5-6-7-9-12(10-13)11(14)8-4-2;3*1-2/h7-10,14,20,23H,3,11-13,22H2,1-2,4-6H3,(H,24,27)(H,25,26);10H,3-9H2,1-2H3;1-2H2;1H2;2H,1H3. The van der Waals surface area contributed by atoms with Gasteiger partial charge in [-0.1, -0.05) is 65.7 Å². The molecule has 11 nitrogen and oxygen atoms in total. The molecule has 0 radical (unpaired) electrons. The molecule has 4 amide bonds. The Labute approximate surface area is 296 Å². The average Bonchev–Trinajstić information content (AvgIpc) is 3.08. The number of unbranched alkanes of at least 4 members (excludes halogenated alkanes) is 3. The molecule has 0 spiro atoms. The summed E-state index contributed by atoms with van der Waals surface area (Å²) < 4.78 is 5.73. The van der Waals surface area contributed by atoms with Crippen molar-refractivity contribution in [2.24, 2.45) is 11.7 Å². The molecule has 276 valence electrons. The van der Waals surface area contributed by atoms with Crippen molar-refractivity contribution in [2.75, 3.05) is 31.2 Å². The topological polar surface area (TPSA) is 160 Å². The lowest BCUT2D eigenvalue weighted by Crippen LogP contribution is -2.46. The first-order valence-electron chi connectivity index (χ1n) is 16.2. The molecule has 12 heteroatoms. The Morgan fingerprint density at radius 2 is 1.54 bits per heavy atom. The molecule has 0 aromatic heterocycles. The highest BCUT2D eigenvalue weighted by Gasteiger charge is 2.19. The fourth-order valence-electron chi connectivity index (χ4n) is 3.68. The molecule has 0 fully saturated rings. The normalized spacial score (nSPS) is 10.4. The SMILES string of the molecule is C=C.C=C(NCC(=O)Nc1ccc(COC(C)(C)C)cc1)C(NC(=O)CN)C(C)C.C=O.CCCCCCN(C=O)C(=O)CCC.CS. The van der Waals surface area contributed by atoms with Gasteiger partial charge in [-0.3, -0.25) is 24.1 Å². The van der Waals surface area contributed by atoms with Crippen LogP contribution in [0.4, 0.5) is 5.69 Å². The predicted molar refractivity (Wildman–Crippen MR) is 203 cm³/mol. The number of amides is 4. The van der Waals surface area contributed by atoms with Crippen molar-refractivity contribution in [3.05, 3.63) is 55.3 Å². The van der Waals surface area contributed by atoms with Gasteiger partial charge in [-0.15, -0.1) is 13.2 Å². The van der Waals surface area contributed by atoms with Crippen LogP contribution < -0.4 is 21.7 Å². The zero-order valence-electron chi connectivity index (χ0n) is 30.9. The lowest BCUT2D eigenvalue weighted by Gasteiger charge is -2.25. The number of anilines is 1. The third-order valence-corrected chi connectivity index (χ3v) is 6.09. The van der Waals surface area contributed by atoms with E-state index in [2.05, 4.69) is 55.2 Å². The summed E-state index contributed by atoms with van der Waals surface area (Å²) in [5, 5.41) is 8.60. The van der Waals surface area contributed by atoms with Gasteiger partial charge < -0.3 is 31.2 Å². The second-order valence-electron chi connectivity index (χ2n) is 11.5. The number of nitrogens with one attached hydrogen (secondary N) is 3. The molecule has 1 aromatic rings. The van der Waals surface area contributed by atoms with Gasteiger partial charge in [-0.2, -0.15) is 12.6 Å². The highest BCUT2D eigenvalue weighted by atomic mass is 32.1. The number of nitrogens with zero attached hydrogens (tertiary/aromatic N) is 1. The third kappa shape index (κ3) is 28.7. The first-order valence-corrected chi connectivity index (χ1v) is 17.1. The van der Waals surface area contributed by atoms with Crippen LogP contribution in [0.1, 0.15) is 92.6 Å². The van der Waals surface area contributed by atoms with Crippen molar-refractivity contribution >= 4 is 49.2 Å². The summed E-state index contributed by atoms with van der Waals surface area (Å²) in [4.78, 5) is 55.0. The van der Waals surface area contributed by atoms with Gasteiger partial charge in [0.05, 0.1) is 31.3 Å². The Hall–Kier alpha value is -3.48. The molecule has 0 aliphatic rings. The van der Waals surface area contributed by atoms with E-state index in [0.29, 0.717) is 37.4 Å². The summed E-state index contributed by atoms with van der Waals surface area (Å²) in [7, 11) is 0. The summed E-state index contributed by atoms with van der Waals surface area (Å²) in [5.74, 6) is -0.394. The maximum absolute atomic E-state index is 12.2. The van der Waals surface area contributed by atoms with Gasteiger partial charge in [-0.25, -0.2) is 0 Å². The van der Waals surface area contributed by atoms with Crippen molar-refractivity contribution in [1.29, 1.82) is 0 Å². The molecule has 0 heterocycles. The molecular formula is C36H65N5O6S. The maximum Gasteiger partial charge on any atom is 0.243 e. The van der Waals surface area contributed by atoms with Crippen LogP contribution in [0, 0.1) is 5.92 Å². The molecule has 0 aliphatic heterocycles. The van der Waals surface area contributed by atoms with Gasteiger partial charge in [0.2, 0.25) is 24.1 Å². The van der Waals surface area contributed by atoms with Crippen molar-refractivity contribution in [1.82, 2.24) is 15.5 Å². The minimum Gasteiger partial charge on any atom is -0.378 e. The molecule has 1 rings (SSSR count). The number of carbonyl (C=O) groups excluding carboxylic acids is 5. The van der Waals surface area contributed by atoms with Gasteiger partial charge >= 0.3 is 0 Å². The maximum atomic E-state index is 12.2. The van der Waals surface area contributed by atoms with Crippen molar-refractivity contribution < 1.29 is 28.7 Å². The molecule has 1 atom stereocenters. The van der Waals surface area contributed by atoms with E-state index in [0.717, 1.165) is 24.8 Å². The van der Waals surface area contributed by atoms with E-state index in [-0.39, 0.29) is 48.4 Å². The van der Waals surface area contributed by atoms with Crippen molar-refractivity contribution in [3.63, 3.8) is 0 Å². The summed E-state index contributed by atoms with van der Waals surface area (Å²) in [6.07, 6.45) is 8.01. The number of benzene rings is 1. The van der Waals surface area contributed by atoms with E-state index < -0.39 is 0 Å². The lowest BCUT2D eigenvalue weighted by molar-refractivity contribution is -0.138. The van der Waals surface area contributed by atoms with E-state index in [1.807, 2.05) is 72.6 Å². The number of ether oxygens (including phenoxy) is 1. The van der Waals surface area contributed by atoms with Gasteiger partial charge in [-0.05, 0) is 63.5 Å².